The first-order chi connectivity index (χ1) is 16.6. The number of carboxylic acids is 3. The Labute approximate surface area is 232 Å². The zero-order valence-electron chi connectivity index (χ0n) is 23.0. The molecule has 6 nitrogen and oxygen atoms in total. The Hall–Kier alpha value is -3.29. The van der Waals surface area contributed by atoms with E-state index >= 15 is 0 Å². The molecule has 0 amide bonds. The third-order valence-corrected chi connectivity index (χ3v) is 6.83. The first-order valence-electron chi connectivity index (χ1n) is 11.5. The van der Waals surface area contributed by atoms with E-state index < -0.39 is 17.9 Å². The Balaban J connectivity index is 0.000000518. The summed E-state index contributed by atoms with van der Waals surface area (Å²) in [6.07, 6.45) is 0. The van der Waals surface area contributed by atoms with E-state index in [1.54, 1.807) is 57.2 Å². The molecule has 0 unspecified atom stereocenters. The van der Waals surface area contributed by atoms with Crippen LogP contribution in [0.2, 0.25) is 0 Å². The first kappa shape index (κ1) is 33.7. The summed E-state index contributed by atoms with van der Waals surface area (Å²) in [6.45, 7) is 17.0. The minimum absolute atomic E-state index is 0. The van der Waals surface area contributed by atoms with E-state index in [1.165, 1.54) is 0 Å². The van der Waals surface area contributed by atoms with Crippen LogP contribution < -0.4 is 15.3 Å². The Morgan fingerprint density at radius 2 is 0.595 bits per heavy atom. The fourth-order valence-corrected chi connectivity index (χ4v) is 3.53. The summed E-state index contributed by atoms with van der Waals surface area (Å²) in [7, 11) is 0. The minimum Gasteiger partial charge on any atom is -0.545 e. The van der Waals surface area contributed by atoms with Crippen LogP contribution in [0.25, 0.3) is 0 Å². The fraction of sp³-hybridized carbons (Fsp3) is 0.300. The van der Waals surface area contributed by atoms with Gasteiger partial charge in [-0.05, 0) is 112 Å². The molecule has 0 saturated heterocycles. The van der Waals surface area contributed by atoms with Crippen molar-refractivity contribution >= 4 is 37.7 Å². The van der Waals surface area contributed by atoms with Gasteiger partial charge in [0.2, 0.25) is 0 Å². The summed E-state index contributed by atoms with van der Waals surface area (Å²) >= 11 is 0. The Bertz CT molecular complexity index is 1150. The number of carboxylic acid groups (broad SMARTS) is 3. The van der Waals surface area contributed by atoms with E-state index in [0.717, 1.165) is 50.1 Å². The molecule has 0 aliphatic rings. The van der Waals surface area contributed by atoms with E-state index in [0.29, 0.717) is 0 Å². The molecular weight excluding hydrogens is 526 g/mol. The van der Waals surface area contributed by atoms with Crippen LogP contribution in [0.15, 0.2) is 36.4 Å². The maximum Gasteiger partial charge on any atom is 3.00 e. The molecule has 0 bridgehead atoms. The average Bonchev–Trinajstić information content (AvgIpc) is 2.79. The van der Waals surface area contributed by atoms with Crippen LogP contribution in [0.1, 0.15) is 81.1 Å². The van der Waals surface area contributed by atoms with Crippen molar-refractivity contribution in [3.8, 4) is 0 Å². The molecule has 3 rings (SSSR count). The van der Waals surface area contributed by atoms with Crippen molar-refractivity contribution in [3.05, 3.63) is 103 Å². The second-order valence-corrected chi connectivity index (χ2v) is 8.90. The maximum absolute atomic E-state index is 10.6. The van der Waals surface area contributed by atoms with Gasteiger partial charge < -0.3 is 29.7 Å². The van der Waals surface area contributed by atoms with Crippen molar-refractivity contribution in [1.82, 2.24) is 0 Å². The maximum atomic E-state index is 10.6. The van der Waals surface area contributed by atoms with Crippen LogP contribution in [0.4, 0.5) is 0 Å². The molecule has 3 aromatic carbocycles. The molecule has 192 valence electrons. The number of benzene rings is 3. The summed E-state index contributed by atoms with van der Waals surface area (Å²) in [5, 5.41) is 31.7. The molecule has 7 heteroatoms. The Kier molecular flexibility index (Phi) is 13.2. The molecule has 0 atom stereocenters. The second kappa shape index (κ2) is 14.4. The van der Waals surface area contributed by atoms with Gasteiger partial charge in [-0.25, -0.2) is 0 Å². The molecular formula is C30H33GaO6. The van der Waals surface area contributed by atoms with Crippen LogP contribution in [0, 0.1) is 62.3 Å². The molecule has 0 aliphatic carbocycles. The van der Waals surface area contributed by atoms with Crippen molar-refractivity contribution in [3.63, 3.8) is 0 Å². The van der Waals surface area contributed by atoms with Crippen molar-refractivity contribution in [1.29, 1.82) is 0 Å². The molecule has 0 aromatic heterocycles. The molecule has 0 saturated carbocycles. The number of aromatic carboxylic acids is 3. The number of carbonyl (C=O) groups is 3. The van der Waals surface area contributed by atoms with Gasteiger partial charge >= 0.3 is 19.8 Å². The van der Waals surface area contributed by atoms with Crippen molar-refractivity contribution in [2.24, 2.45) is 0 Å². The van der Waals surface area contributed by atoms with Gasteiger partial charge in [0.15, 0.2) is 0 Å². The van der Waals surface area contributed by atoms with E-state index in [2.05, 4.69) is 0 Å². The SMILES string of the molecule is Cc1ccc(C(=O)[O-])c(C)c1C.Cc1ccc(C(=O)[O-])c(C)c1C.Cc1ccc(C(=O)[O-])c(C)c1C.[Ga+3]. The summed E-state index contributed by atoms with van der Waals surface area (Å²) in [4.78, 5) is 31.7. The van der Waals surface area contributed by atoms with E-state index in [-0.39, 0.29) is 36.5 Å². The summed E-state index contributed by atoms with van der Waals surface area (Å²) in [5.74, 6) is -3.30. The molecule has 0 aliphatic heterocycles. The van der Waals surface area contributed by atoms with E-state index in [9.17, 15) is 29.7 Å². The summed E-state index contributed by atoms with van der Waals surface area (Å²) in [6, 6.07) is 10.2. The van der Waals surface area contributed by atoms with Crippen LogP contribution >= 0.6 is 0 Å². The number of carbonyl (C=O) groups excluding carboxylic acids is 3. The topological polar surface area (TPSA) is 120 Å². The normalized spacial score (nSPS) is 9.65. The molecule has 0 heterocycles. The fourth-order valence-electron chi connectivity index (χ4n) is 3.53. The van der Waals surface area contributed by atoms with Crippen molar-refractivity contribution in [2.45, 2.75) is 62.3 Å². The largest absolute Gasteiger partial charge is 3.00 e. The third kappa shape index (κ3) is 8.65. The smallest absolute Gasteiger partial charge is 0.545 e. The van der Waals surface area contributed by atoms with Crippen LogP contribution in [-0.2, 0) is 0 Å². The molecule has 0 spiro atoms. The van der Waals surface area contributed by atoms with Crippen LogP contribution in [0.5, 0.6) is 0 Å². The van der Waals surface area contributed by atoms with Gasteiger partial charge in [0.25, 0.3) is 0 Å². The number of rotatable bonds is 3. The quantitative estimate of drug-likeness (QED) is 0.455. The molecule has 37 heavy (non-hydrogen) atoms. The summed E-state index contributed by atoms with van der Waals surface area (Å²) in [5.41, 5.74) is 9.67. The average molecular weight is 559 g/mol. The van der Waals surface area contributed by atoms with Gasteiger partial charge in [0, 0.05) is 16.7 Å². The minimum atomic E-state index is -1.10. The molecule has 0 N–H and O–H groups in total. The Morgan fingerprint density at radius 3 is 0.757 bits per heavy atom. The monoisotopic (exact) mass is 558 g/mol. The van der Waals surface area contributed by atoms with Crippen molar-refractivity contribution in [2.75, 3.05) is 0 Å². The van der Waals surface area contributed by atoms with Gasteiger partial charge in [-0.1, -0.05) is 36.4 Å². The van der Waals surface area contributed by atoms with E-state index in [4.69, 9.17) is 0 Å². The van der Waals surface area contributed by atoms with E-state index in [1.807, 2.05) is 41.5 Å². The van der Waals surface area contributed by atoms with Gasteiger partial charge in [-0.15, -0.1) is 0 Å². The molecule has 0 fully saturated rings. The van der Waals surface area contributed by atoms with Crippen LogP contribution in [0.3, 0.4) is 0 Å². The zero-order valence-corrected chi connectivity index (χ0v) is 25.4. The Morgan fingerprint density at radius 1 is 0.405 bits per heavy atom. The predicted molar refractivity (Wildman–Crippen MR) is 141 cm³/mol. The zero-order chi connectivity index (χ0) is 27.9. The van der Waals surface area contributed by atoms with Gasteiger partial charge in [0.1, 0.15) is 0 Å². The third-order valence-electron chi connectivity index (χ3n) is 6.83. The predicted octanol–water partition coefficient (Wildman–Crippen LogP) is 2.55. The van der Waals surface area contributed by atoms with Gasteiger partial charge in [0.05, 0.1) is 17.9 Å². The van der Waals surface area contributed by atoms with Crippen molar-refractivity contribution < 1.29 is 29.7 Å². The van der Waals surface area contributed by atoms with Gasteiger partial charge in [-0.3, -0.25) is 0 Å². The number of hydrogen-bond acceptors (Lipinski definition) is 6. The standard InChI is InChI=1S/3C10H12O2.Ga/c3*1-6-4-5-9(10(11)12)8(3)7(6)2;/h3*4-5H,1-3H3,(H,11,12);/q;;;+3/p-3. The first-order valence-corrected chi connectivity index (χ1v) is 11.5. The molecule has 0 radical (unpaired) electrons. The number of aryl methyl sites for hydroxylation is 3. The van der Waals surface area contributed by atoms with Crippen LogP contribution in [-0.4, -0.2) is 37.7 Å². The summed E-state index contributed by atoms with van der Waals surface area (Å²) < 4.78 is 0. The molecule has 3 aromatic rings. The second-order valence-electron chi connectivity index (χ2n) is 8.90. The van der Waals surface area contributed by atoms with Gasteiger partial charge in [-0.2, -0.15) is 0 Å². The number of hydrogen-bond donors (Lipinski definition) is 0.